The number of carbonyl (C=O) groups excluding carboxylic acids is 2. The second-order valence-corrected chi connectivity index (χ2v) is 9.11. The van der Waals surface area contributed by atoms with E-state index in [1.807, 2.05) is 0 Å². The highest BCUT2D eigenvalue weighted by Gasteiger charge is 2.22. The predicted molar refractivity (Wildman–Crippen MR) is 121 cm³/mol. The van der Waals surface area contributed by atoms with Crippen LogP contribution in [0.4, 0.5) is 10.1 Å². The van der Waals surface area contributed by atoms with Gasteiger partial charge in [-0.2, -0.15) is 4.72 Å². The molecule has 0 unspecified atom stereocenters. The lowest BCUT2D eigenvalue weighted by Crippen LogP contribution is -2.44. The fourth-order valence-electron chi connectivity index (χ4n) is 3.11. The van der Waals surface area contributed by atoms with Crippen molar-refractivity contribution in [2.75, 3.05) is 5.32 Å². The number of carbonyl (C=O) groups is 2. The molecule has 0 saturated carbocycles. The predicted octanol–water partition coefficient (Wildman–Crippen LogP) is 2.26. The Balaban J connectivity index is 1.59. The van der Waals surface area contributed by atoms with Crippen molar-refractivity contribution >= 4 is 27.5 Å². The fraction of sp³-hybridized carbons (Fsp3) is 0.227. The maximum Gasteiger partial charge on any atom is 0.241 e. The van der Waals surface area contributed by atoms with E-state index in [-0.39, 0.29) is 17.3 Å². The van der Waals surface area contributed by atoms with Crippen LogP contribution in [0.1, 0.15) is 25.2 Å². The minimum Gasteiger partial charge on any atom is -0.351 e. The summed E-state index contributed by atoms with van der Waals surface area (Å²) >= 11 is 0. The lowest BCUT2D eigenvalue weighted by molar-refractivity contribution is -0.122. The molecule has 3 rings (SSSR count). The van der Waals surface area contributed by atoms with Crippen molar-refractivity contribution in [1.29, 1.82) is 0 Å². The first-order valence-electron chi connectivity index (χ1n) is 10.0. The average Bonchev–Trinajstić information content (AvgIpc) is 3.17. The van der Waals surface area contributed by atoms with Gasteiger partial charge in [-0.25, -0.2) is 17.8 Å². The third-order valence-corrected chi connectivity index (χ3v) is 6.33. The van der Waals surface area contributed by atoms with Crippen molar-refractivity contribution in [2.45, 2.75) is 38.3 Å². The van der Waals surface area contributed by atoms with E-state index in [0.29, 0.717) is 22.8 Å². The number of benzene rings is 2. The number of nitrogens with zero attached hydrogens (tertiary/aromatic N) is 2. The molecule has 11 heteroatoms. The van der Waals surface area contributed by atoms with E-state index in [2.05, 4.69) is 20.3 Å². The summed E-state index contributed by atoms with van der Waals surface area (Å²) in [6, 6.07) is 9.04. The van der Waals surface area contributed by atoms with Gasteiger partial charge in [0.25, 0.3) is 0 Å². The third kappa shape index (κ3) is 6.02. The van der Waals surface area contributed by atoms with Crippen LogP contribution in [0, 0.1) is 12.7 Å². The number of rotatable bonds is 8. The number of sulfonamides is 1. The normalized spacial score (nSPS) is 12.2. The zero-order chi connectivity index (χ0) is 24.2. The van der Waals surface area contributed by atoms with Gasteiger partial charge in [-0.15, -0.1) is 0 Å². The third-order valence-electron chi connectivity index (χ3n) is 4.77. The Morgan fingerprint density at radius 1 is 1.15 bits per heavy atom. The van der Waals surface area contributed by atoms with Crippen molar-refractivity contribution in [3.63, 3.8) is 0 Å². The van der Waals surface area contributed by atoms with Gasteiger partial charge in [-0.3, -0.25) is 9.59 Å². The first kappa shape index (κ1) is 24.1. The van der Waals surface area contributed by atoms with Crippen LogP contribution in [-0.4, -0.2) is 35.8 Å². The Kier molecular flexibility index (Phi) is 7.24. The zero-order valence-corrected chi connectivity index (χ0v) is 19.1. The molecule has 0 bridgehead atoms. The molecule has 0 saturated heterocycles. The number of nitrogens with one attached hydrogen (secondary N) is 3. The number of aromatic nitrogens is 2. The Labute approximate surface area is 191 Å². The second-order valence-electron chi connectivity index (χ2n) is 7.40. The molecule has 3 N–H and O–H groups in total. The van der Waals surface area contributed by atoms with Gasteiger partial charge in [-0.1, -0.05) is 6.07 Å². The molecule has 2 amide bonds. The molecule has 0 aliphatic rings. The highest BCUT2D eigenvalue weighted by atomic mass is 32.2. The molecule has 1 aromatic heterocycles. The molecule has 3 aromatic rings. The second kappa shape index (κ2) is 9.92. The van der Waals surface area contributed by atoms with E-state index in [4.69, 9.17) is 0 Å². The van der Waals surface area contributed by atoms with E-state index in [1.165, 1.54) is 44.2 Å². The van der Waals surface area contributed by atoms with Crippen LogP contribution in [0.25, 0.3) is 5.69 Å². The highest BCUT2D eigenvalue weighted by molar-refractivity contribution is 7.89. The first-order chi connectivity index (χ1) is 15.6. The van der Waals surface area contributed by atoms with Gasteiger partial charge >= 0.3 is 0 Å². The van der Waals surface area contributed by atoms with E-state index in [0.717, 1.165) is 0 Å². The van der Waals surface area contributed by atoms with Gasteiger partial charge in [0, 0.05) is 31.5 Å². The number of anilines is 1. The Hall–Kier alpha value is -3.57. The minimum atomic E-state index is -3.97. The summed E-state index contributed by atoms with van der Waals surface area (Å²) in [5.74, 6) is -0.677. The van der Waals surface area contributed by atoms with Gasteiger partial charge in [-0.05, 0) is 55.8 Å². The molecular formula is C22H24FN5O4S. The molecule has 0 spiro atoms. The van der Waals surface area contributed by atoms with Gasteiger partial charge in [0.2, 0.25) is 21.8 Å². The van der Waals surface area contributed by atoms with Crippen LogP contribution in [0.15, 0.2) is 59.8 Å². The van der Waals surface area contributed by atoms with Crippen molar-refractivity contribution in [3.05, 3.63) is 72.1 Å². The number of halogens is 1. The van der Waals surface area contributed by atoms with E-state index < -0.39 is 27.8 Å². The molecule has 0 aliphatic heterocycles. The fourth-order valence-corrected chi connectivity index (χ4v) is 4.31. The van der Waals surface area contributed by atoms with E-state index in [1.54, 1.807) is 36.0 Å². The van der Waals surface area contributed by atoms with Crippen LogP contribution >= 0.6 is 0 Å². The Morgan fingerprint density at radius 3 is 2.42 bits per heavy atom. The van der Waals surface area contributed by atoms with Gasteiger partial charge in [0.05, 0.1) is 16.6 Å². The van der Waals surface area contributed by atoms with Crippen LogP contribution in [0.5, 0.6) is 0 Å². The maximum absolute atomic E-state index is 14.5. The standard InChI is InChI=1S/C22H24FN5O4S/c1-14(27-33(31,32)19-7-5-18(6-8-19)26-16(3)29)22(30)25-13-17-4-9-21(20(23)12-17)28-11-10-24-15(28)2/h4-12,14,27H,13H2,1-3H3,(H,25,30)(H,26,29)/t14-/m0/s1. The number of amides is 2. The largest absolute Gasteiger partial charge is 0.351 e. The van der Waals surface area contributed by atoms with Crippen LogP contribution in [0.3, 0.4) is 0 Å². The summed E-state index contributed by atoms with van der Waals surface area (Å²) in [6.45, 7) is 4.53. The van der Waals surface area contributed by atoms with Crippen molar-refractivity contribution < 1.29 is 22.4 Å². The topological polar surface area (TPSA) is 122 Å². The zero-order valence-electron chi connectivity index (χ0n) is 18.3. The molecule has 2 aromatic carbocycles. The molecule has 174 valence electrons. The SMILES string of the molecule is CC(=O)Nc1ccc(S(=O)(=O)N[C@@H](C)C(=O)NCc2ccc(-n3ccnc3C)c(F)c2)cc1. The molecule has 1 heterocycles. The summed E-state index contributed by atoms with van der Waals surface area (Å²) in [4.78, 5) is 27.5. The lowest BCUT2D eigenvalue weighted by Gasteiger charge is -2.15. The van der Waals surface area contributed by atoms with E-state index in [9.17, 15) is 22.4 Å². The number of hydrogen-bond donors (Lipinski definition) is 3. The highest BCUT2D eigenvalue weighted by Crippen LogP contribution is 2.17. The molecule has 1 atom stereocenters. The number of aryl methyl sites for hydroxylation is 1. The maximum atomic E-state index is 14.5. The summed E-state index contributed by atoms with van der Waals surface area (Å²) < 4.78 is 43.5. The Morgan fingerprint density at radius 2 is 1.85 bits per heavy atom. The van der Waals surface area contributed by atoms with Crippen molar-refractivity contribution in [1.82, 2.24) is 19.6 Å². The van der Waals surface area contributed by atoms with E-state index >= 15 is 0 Å². The summed E-state index contributed by atoms with van der Waals surface area (Å²) in [5.41, 5.74) is 1.31. The molecule has 0 radical (unpaired) electrons. The quantitative estimate of drug-likeness (QED) is 0.463. The van der Waals surface area contributed by atoms with Crippen LogP contribution in [-0.2, 0) is 26.2 Å². The van der Waals surface area contributed by atoms with Gasteiger partial charge < -0.3 is 15.2 Å². The Bertz CT molecular complexity index is 1270. The number of hydrogen-bond acceptors (Lipinski definition) is 5. The summed E-state index contributed by atoms with van der Waals surface area (Å²) in [5, 5.41) is 5.14. The summed E-state index contributed by atoms with van der Waals surface area (Å²) in [6.07, 6.45) is 3.22. The van der Waals surface area contributed by atoms with Gasteiger partial charge in [0.15, 0.2) is 0 Å². The molecule has 0 fully saturated rings. The lowest BCUT2D eigenvalue weighted by atomic mass is 10.2. The molecule has 33 heavy (non-hydrogen) atoms. The average molecular weight is 474 g/mol. The molecule has 0 aliphatic carbocycles. The van der Waals surface area contributed by atoms with Gasteiger partial charge in [0.1, 0.15) is 11.6 Å². The monoisotopic (exact) mass is 473 g/mol. The molecule has 9 nitrogen and oxygen atoms in total. The van der Waals surface area contributed by atoms with Crippen LogP contribution in [0.2, 0.25) is 0 Å². The van der Waals surface area contributed by atoms with Crippen molar-refractivity contribution in [2.24, 2.45) is 0 Å². The molecular weight excluding hydrogens is 449 g/mol. The smallest absolute Gasteiger partial charge is 0.241 e. The number of imidazole rings is 1. The minimum absolute atomic E-state index is 0.0242. The van der Waals surface area contributed by atoms with Crippen LogP contribution < -0.4 is 15.4 Å². The van der Waals surface area contributed by atoms with Crippen molar-refractivity contribution in [3.8, 4) is 5.69 Å². The summed E-state index contributed by atoms with van der Waals surface area (Å²) in [7, 11) is -3.97. The first-order valence-corrected chi connectivity index (χ1v) is 11.5.